The highest BCUT2D eigenvalue weighted by Crippen LogP contribution is 2.28. The van der Waals surface area contributed by atoms with Crippen molar-refractivity contribution in [1.29, 1.82) is 0 Å². The lowest BCUT2D eigenvalue weighted by molar-refractivity contribution is -0.116. The van der Waals surface area contributed by atoms with Gasteiger partial charge in [0.2, 0.25) is 31.9 Å². The molecule has 0 atom stereocenters. The molecule has 16 heteroatoms. The molecule has 12 nitrogen and oxygen atoms in total. The number of nitrogens with one attached hydrogen (secondary N) is 2. The van der Waals surface area contributed by atoms with Crippen LogP contribution in [0, 0.1) is 0 Å². The van der Waals surface area contributed by atoms with Crippen LogP contribution in [0.4, 0.5) is 10.3 Å². The Labute approximate surface area is 303 Å². The number of nitrogens with zero attached hydrogens (tertiary/aromatic N) is 4. The Hall–Kier alpha value is -3.54. The van der Waals surface area contributed by atoms with Gasteiger partial charge in [-0.25, -0.2) is 26.8 Å². The summed E-state index contributed by atoms with van der Waals surface area (Å²) >= 11 is 2.62. The maximum absolute atomic E-state index is 13.3. The number of hydrogen-bond acceptors (Lipinski definition) is 10. The molecule has 0 saturated heterocycles. The minimum Gasteiger partial charge on any atom is -0.302 e. The van der Waals surface area contributed by atoms with Gasteiger partial charge in [0.05, 0.1) is 21.2 Å². The largest absolute Gasteiger partial charge is 0.302 e. The topological polar surface area (TPSA) is 159 Å². The van der Waals surface area contributed by atoms with E-state index in [0.29, 0.717) is 73.5 Å². The minimum atomic E-state index is -3.68. The van der Waals surface area contributed by atoms with E-state index in [4.69, 9.17) is 0 Å². The van der Waals surface area contributed by atoms with Crippen LogP contribution < -0.4 is 10.6 Å². The van der Waals surface area contributed by atoms with E-state index in [0.717, 1.165) is 24.0 Å². The second-order valence-corrected chi connectivity index (χ2v) is 16.9. The van der Waals surface area contributed by atoms with Crippen LogP contribution in [0.5, 0.6) is 0 Å². The van der Waals surface area contributed by atoms with E-state index in [1.165, 1.54) is 31.3 Å². The molecule has 0 spiro atoms. The fraction of sp³-hybridized carbons (Fsp3) is 0.412. The molecule has 4 rings (SSSR count). The molecular weight excluding hydrogens is 717 g/mol. The number of aromatic nitrogens is 2. The zero-order chi connectivity index (χ0) is 36.3. The van der Waals surface area contributed by atoms with Gasteiger partial charge in [0.1, 0.15) is 0 Å². The number of benzene rings is 2. The van der Waals surface area contributed by atoms with Gasteiger partial charge in [0.25, 0.3) is 0 Å². The fourth-order valence-corrected chi connectivity index (χ4v) is 9.57. The van der Waals surface area contributed by atoms with Gasteiger partial charge in [-0.3, -0.25) is 9.59 Å². The van der Waals surface area contributed by atoms with E-state index >= 15 is 0 Å². The van der Waals surface area contributed by atoms with Gasteiger partial charge >= 0.3 is 0 Å². The quantitative estimate of drug-likeness (QED) is 0.0976. The van der Waals surface area contributed by atoms with Gasteiger partial charge in [-0.2, -0.15) is 8.61 Å². The number of thiazole rings is 2. The van der Waals surface area contributed by atoms with Crippen molar-refractivity contribution in [3.8, 4) is 22.5 Å². The Morgan fingerprint density at radius 1 is 0.620 bits per heavy atom. The lowest BCUT2D eigenvalue weighted by Crippen LogP contribution is -2.31. The van der Waals surface area contributed by atoms with E-state index in [2.05, 4.69) is 20.6 Å². The molecule has 0 bridgehead atoms. The maximum atomic E-state index is 13.3. The Morgan fingerprint density at radius 3 is 1.52 bits per heavy atom. The molecule has 4 aromatic rings. The number of amides is 2. The van der Waals surface area contributed by atoms with Gasteiger partial charge in [0, 0.05) is 60.9 Å². The van der Waals surface area contributed by atoms with E-state index in [1.807, 2.05) is 17.7 Å². The van der Waals surface area contributed by atoms with Crippen LogP contribution in [0.3, 0.4) is 0 Å². The number of sulfonamides is 2. The van der Waals surface area contributed by atoms with Crippen molar-refractivity contribution in [2.24, 2.45) is 0 Å². The first kappa shape index (κ1) is 39.2. The predicted molar refractivity (Wildman–Crippen MR) is 200 cm³/mol. The fourth-order valence-electron chi connectivity index (χ4n) is 5.15. The summed E-state index contributed by atoms with van der Waals surface area (Å²) in [6.07, 6.45) is 3.56. The standard InChI is InChI=1S/C34H44N6O6S4/c1-5-31(41)37-33-35-29(23-47-33)26-16-20-28(21-17-26)50(45,46)40(8-4)22-12-10-9-11-13-32(42)38-34-36-30(24-48-34)25-14-18-27(19-15-25)49(43,44)39(6-2)7-3/h14-21,23-24H,5-13,22H2,1-4H3,(H,35,37,41)(H,36,38,42). The Bertz CT molecular complexity index is 1940. The molecule has 2 N–H and O–H groups in total. The van der Waals surface area contributed by atoms with Crippen molar-refractivity contribution in [2.45, 2.75) is 76.0 Å². The molecule has 2 heterocycles. The zero-order valence-electron chi connectivity index (χ0n) is 28.7. The molecule has 0 unspecified atom stereocenters. The number of carbonyl (C=O) groups excluding carboxylic acids is 2. The highest BCUT2D eigenvalue weighted by atomic mass is 32.2. The van der Waals surface area contributed by atoms with Crippen LogP contribution in [0.25, 0.3) is 22.5 Å². The van der Waals surface area contributed by atoms with Crippen molar-refractivity contribution < 1.29 is 26.4 Å². The van der Waals surface area contributed by atoms with Gasteiger partial charge in [-0.05, 0) is 37.1 Å². The zero-order valence-corrected chi connectivity index (χ0v) is 32.0. The van der Waals surface area contributed by atoms with Crippen LogP contribution in [0.15, 0.2) is 69.1 Å². The highest BCUT2D eigenvalue weighted by Gasteiger charge is 2.23. The number of rotatable bonds is 19. The van der Waals surface area contributed by atoms with Crippen molar-refractivity contribution >= 4 is 64.8 Å². The van der Waals surface area contributed by atoms with Gasteiger partial charge in [0.15, 0.2) is 10.3 Å². The smallest absolute Gasteiger partial charge is 0.243 e. The normalized spacial score (nSPS) is 12.0. The molecule has 0 aliphatic rings. The molecule has 0 fully saturated rings. The molecule has 0 saturated carbocycles. The van der Waals surface area contributed by atoms with E-state index in [9.17, 15) is 26.4 Å². The van der Waals surface area contributed by atoms with Crippen LogP contribution in [-0.4, -0.2) is 73.4 Å². The predicted octanol–water partition coefficient (Wildman–Crippen LogP) is 6.91. The molecule has 0 aliphatic heterocycles. The average Bonchev–Trinajstić information content (AvgIpc) is 3.78. The summed E-state index contributed by atoms with van der Waals surface area (Å²) < 4.78 is 55.0. The Balaban J connectivity index is 1.20. The first-order valence-corrected chi connectivity index (χ1v) is 21.3. The lowest BCUT2D eigenvalue weighted by atomic mass is 10.1. The minimum absolute atomic E-state index is 0.117. The van der Waals surface area contributed by atoms with Crippen molar-refractivity contribution in [1.82, 2.24) is 18.6 Å². The number of carbonyl (C=O) groups is 2. The summed E-state index contributed by atoms with van der Waals surface area (Å²) in [6, 6.07) is 13.2. The first-order valence-electron chi connectivity index (χ1n) is 16.6. The van der Waals surface area contributed by atoms with Crippen LogP contribution in [0.2, 0.25) is 0 Å². The molecule has 2 aromatic heterocycles. The van der Waals surface area contributed by atoms with Crippen LogP contribution in [-0.2, 0) is 29.6 Å². The number of hydrogen-bond donors (Lipinski definition) is 2. The van der Waals surface area contributed by atoms with E-state index in [1.54, 1.807) is 69.3 Å². The summed E-state index contributed by atoms with van der Waals surface area (Å²) in [5.41, 5.74) is 2.83. The number of unbranched alkanes of at least 4 members (excludes halogenated alkanes) is 3. The summed E-state index contributed by atoms with van der Waals surface area (Å²) in [5.74, 6) is -0.263. The second kappa shape index (κ2) is 18.1. The summed E-state index contributed by atoms with van der Waals surface area (Å²) in [7, 11) is -7.22. The summed E-state index contributed by atoms with van der Waals surface area (Å²) in [6.45, 7) is 8.70. The molecule has 270 valence electrons. The molecule has 0 aliphatic carbocycles. The van der Waals surface area contributed by atoms with E-state index in [-0.39, 0.29) is 21.6 Å². The van der Waals surface area contributed by atoms with Crippen LogP contribution in [0.1, 0.15) is 66.2 Å². The molecule has 2 amide bonds. The first-order chi connectivity index (χ1) is 23.9. The molecule has 50 heavy (non-hydrogen) atoms. The average molecular weight is 761 g/mol. The summed E-state index contributed by atoms with van der Waals surface area (Å²) in [4.78, 5) is 33.5. The highest BCUT2D eigenvalue weighted by molar-refractivity contribution is 7.89. The SMILES string of the molecule is CCC(=O)Nc1nc(-c2ccc(S(=O)(=O)N(CC)CCCCCCC(=O)Nc3nc(-c4ccc(S(=O)(=O)N(CC)CC)cc4)cs3)cc2)cs1. The van der Waals surface area contributed by atoms with Crippen LogP contribution >= 0.6 is 22.7 Å². The Kier molecular flexibility index (Phi) is 14.2. The lowest BCUT2D eigenvalue weighted by Gasteiger charge is -2.20. The van der Waals surface area contributed by atoms with Gasteiger partial charge < -0.3 is 10.6 Å². The molecular formula is C34H44N6O6S4. The number of anilines is 2. The third kappa shape index (κ3) is 10.0. The van der Waals surface area contributed by atoms with Gasteiger partial charge in [-0.1, -0.05) is 64.8 Å². The van der Waals surface area contributed by atoms with Crippen molar-refractivity contribution in [3.05, 3.63) is 59.3 Å². The maximum Gasteiger partial charge on any atom is 0.243 e. The third-order valence-corrected chi connectivity index (χ3v) is 13.6. The van der Waals surface area contributed by atoms with E-state index < -0.39 is 20.0 Å². The monoisotopic (exact) mass is 760 g/mol. The molecule has 2 aromatic carbocycles. The Morgan fingerprint density at radius 2 is 1.06 bits per heavy atom. The second-order valence-electron chi connectivity index (χ2n) is 11.3. The molecule has 0 radical (unpaired) electrons. The summed E-state index contributed by atoms with van der Waals surface area (Å²) in [5, 5.41) is 10.2. The van der Waals surface area contributed by atoms with Crippen molar-refractivity contribution in [3.63, 3.8) is 0 Å². The van der Waals surface area contributed by atoms with Crippen molar-refractivity contribution in [2.75, 3.05) is 36.8 Å². The third-order valence-electron chi connectivity index (χ3n) is 8.02. The van der Waals surface area contributed by atoms with Gasteiger partial charge in [-0.15, -0.1) is 22.7 Å².